The molecule has 0 aliphatic heterocycles. The first kappa shape index (κ1) is 12.9. The Morgan fingerprint density at radius 3 is 2.32 bits per heavy atom. The third kappa shape index (κ3) is 2.42. The first-order valence-corrected chi connectivity index (χ1v) is 7.71. The number of nitrogens with one attached hydrogen (secondary N) is 1. The van der Waals surface area contributed by atoms with Gasteiger partial charge in [-0.3, -0.25) is 0 Å². The lowest BCUT2D eigenvalue weighted by molar-refractivity contribution is 1.22. The molecule has 0 spiro atoms. The highest BCUT2D eigenvalue weighted by Crippen LogP contribution is 2.32. The molecule has 0 aliphatic rings. The zero-order chi connectivity index (χ0) is 14.8. The van der Waals surface area contributed by atoms with E-state index in [2.05, 4.69) is 27.4 Å². The molecule has 106 valence electrons. The summed E-state index contributed by atoms with van der Waals surface area (Å²) in [7, 11) is 0. The number of hydrogen-bond acceptors (Lipinski definition) is 5. The molecule has 2 aromatic heterocycles. The molecule has 22 heavy (non-hydrogen) atoms. The van der Waals surface area contributed by atoms with Crippen molar-refractivity contribution in [2.45, 2.75) is 0 Å². The van der Waals surface area contributed by atoms with E-state index in [0.717, 1.165) is 32.4 Å². The molecule has 0 bridgehead atoms. The second-order valence-corrected chi connectivity index (χ2v) is 5.73. The average molecular weight is 304 g/mol. The van der Waals surface area contributed by atoms with Crippen molar-refractivity contribution < 1.29 is 0 Å². The summed E-state index contributed by atoms with van der Waals surface area (Å²) in [6, 6.07) is 20.1. The van der Waals surface area contributed by atoms with Gasteiger partial charge in [-0.1, -0.05) is 59.9 Å². The molecule has 4 nitrogen and oxygen atoms in total. The van der Waals surface area contributed by atoms with E-state index < -0.39 is 0 Å². The molecule has 1 N–H and O–H groups in total. The molecule has 0 atom stereocenters. The number of anilines is 2. The summed E-state index contributed by atoms with van der Waals surface area (Å²) in [5.41, 5.74) is 2.88. The summed E-state index contributed by atoms with van der Waals surface area (Å²) in [5, 5.41) is 4.26. The Balaban J connectivity index is 1.78. The largest absolute Gasteiger partial charge is 0.338 e. The molecule has 0 radical (unpaired) electrons. The van der Waals surface area contributed by atoms with Gasteiger partial charge in [-0.05, 0) is 12.1 Å². The van der Waals surface area contributed by atoms with E-state index in [1.54, 1.807) is 17.7 Å². The van der Waals surface area contributed by atoms with Gasteiger partial charge in [0.15, 0.2) is 5.82 Å². The van der Waals surface area contributed by atoms with Gasteiger partial charge in [-0.2, -0.15) is 0 Å². The number of benzene rings is 2. The summed E-state index contributed by atoms with van der Waals surface area (Å²) in [6.45, 7) is 0. The van der Waals surface area contributed by atoms with Crippen LogP contribution < -0.4 is 5.32 Å². The van der Waals surface area contributed by atoms with Crippen molar-refractivity contribution in [2.75, 3.05) is 5.32 Å². The summed E-state index contributed by atoms with van der Waals surface area (Å²) in [6.07, 6.45) is 1.57. The second kappa shape index (κ2) is 5.54. The number of fused-ring (bicyclic) bond motifs is 1. The van der Waals surface area contributed by atoms with Crippen molar-refractivity contribution in [1.82, 2.24) is 15.0 Å². The zero-order valence-corrected chi connectivity index (χ0v) is 12.4. The molecule has 4 aromatic rings. The van der Waals surface area contributed by atoms with Crippen molar-refractivity contribution in [3.05, 3.63) is 67.0 Å². The van der Waals surface area contributed by atoms with Crippen LogP contribution >= 0.6 is 11.3 Å². The van der Waals surface area contributed by atoms with Gasteiger partial charge in [0, 0.05) is 11.3 Å². The van der Waals surface area contributed by atoms with Crippen LogP contribution in [0.15, 0.2) is 67.0 Å². The lowest BCUT2D eigenvalue weighted by Gasteiger charge is -2.04. The first-order valence-electron chi connectivity index (χ1n) is 6.89. The number of thiazole rings is 1. The van der Waals surface area contributed by atoms with E-state index in [1.807, 2.05) is 48.5 Å². The van der Waals surface area contributed by atoms with E-state index in [-0.39, 0.29) is 0 Å². The lowest BCUT2D eigenvalue weighted by Crippen LogP contribution is -1.95. The third-order valence-corrected chi connectivity index (χ3v) is 4.27. The van der Waals surface area contributed by atoms with Gasteiger partial charge in [0.05, 0.1) is 0 Å². The maximum atomic E-state index is 4.71. The molecule has 4 rings (SSSR count). The van der Waals surface area contributed by atoms with Crippen LogP contribution in [0.2, 0.25) is 0 Å². The monoisotopic (exact) mass is 304 g/mol. The minimum atomic E-state index is 0.731. The van der Waals surface area contributed by atoms with Crippen LogP contribution in [0, 0.1) is 0 Å². The van der Waals surface area contributed by atoms with Gasteiger partial charge >= 0.3 is 0 Å². The number of nitrogens with zero attached hydrogens (tertiary/aromatic N) is 3. The van der Waals surface area contributed by atoms with Crippen LogP contribution in [0.1, 0.15) is 0 Å². The molecule has 5 heteroatoms. The van der Waals surface area contributed by atoms with Crippen LogP contribution in [0.4, 0.5) is 11.5 Å². The predicted octanol–water partition coefficient (Wildman–Crippen LogP) is 4.50. The molecular formula is C17H12N4S. The molecule has 2 aromatic carbocycles. The van der Waals surface area contributed by atoms with Gasteiger partial charge in [-0.25, -0.2) is 15.0 Å². The Hall–Kier alpha value is -2.79. The summed E-state index contributed by atoms with van der Waals surface area (Å²) >= 11 is 1.57. The van der Waals surface area contributed by atoms with Crippen molar-refractivity contribution in [3.63, 3.8) is 0 Å². The van der Waals surface area contributed by atoms with Gasteiger partial charge in [0.1, 0.15) is 21.7 Å². The average Bonchev–Trinajstić information content (AvgIpc) is 3.02. The Bertz CT molecular complexity index is 904. The summed E-state index contributed by atoms with van der Waals surface area (Å²) in [5.74, 6) is 0.731. The molecule has 0 aliphatic carbocycles. The highest BCUT2D eigenvalue weighted by atomic mass is 32.1. The standard InChI is InChI=1S/C17H12N4S/c1-3-7-12(8-4-1)16-21-14-15(18-11-19-17(14)22-16)20-13-9-5-2-6-10-13/h1-11H,(H,18,19,20). The second-order valence-electron chi connectivity index (χ2n) is 4.75. The molecule has 0 unspecified atom stereocenters. The van der Waals surface area contributed by atoms with Gasteiger partial charge in [0.25, 0.3) is 0 Å². The Morgan fingerprint density at radius 2 is 1.55 bits per heavy atom. The SMILES string of the molecule is c1ccc(Nc2ncnc3sc(-c4ccccc4)nc23)cc1. The molecular weight excluding hydrogens is 292 g/mol. The van der Waals surface area contributed by atoms with Gasteiger partial charge in [-0.15, -0.1) is 0 Å². The maximum absolute atomic E-state index is 4.71. The highest BCUT2D eigenvalue weighted by molar-refractivity contribution is 7.21. The topological polar surface area (TPSA) is 50.7 Å². The van der Waals surface area contributed by atoms with Crippen LogP contribution in [0.3, 0.4) is 0 Å². The van der Waals surface area contributed by atoms with Crippen molar-refractivity contribution >= 4 is 33.2 Å². The number of rotatable bonds is 3. The van der Waals surface area contributed by atoms with Crippen LogP contribution in [-0.4, -0.2) is 15.0 Å². The van der Waals surface area contributed by atoms with Gasteiger partial charge in [0.2, 0.25) is 0 Å². The maximum Gasteiger partial charge on any atom is 0.161 e. The van der Waals surface area contributed by atoms with E-state index in [1.165, 1.54) is 0 Å². The zero-order valence-electron chi connectivity index (χ0n) is 11.6. The minimum absolute atomic E-state index is 0.731. The Kier molecular flexibility index (Phi) is 3.25. The van der Waals surface area contributed by atoms with Crippen molar-refractivity contribution in [1.29, 1.82) is 0 Å². The fourth-order valence-electron chi connectivity index (χ4n) is 2.21. The Morgan fingerprint density at radius 1 is 0.818 bits per heavy atom. The molecule has 0 saturated heterocycles. The van der Waals surface area contributed by atoms with Crippen LogP contribution in [0.5, 0.6) is 0 Å². The first-order chi connectivity index (χ1) is 10.9. The van der Waals surface area contributed by atoms with E-state index in [4.69, 9.17) is 4.98 Å². The fraction of sp³-hybridized carbons (Fsp3) is 0. The number of para-hydroxylation sites is 1. The third-order valence-electron chi connectivity index (χ3n) is 3.25. The molecule has 2 heterocycles. The van der Waals surface area contributed by atoms with Crippen LogP contribution in [-0.2, 0) is 0 Å². The van der Waals surface area contributed by atoms with Crippen LogP contribution in [0.25, 0.3) is 20.9 Å². The van der Waals surface area contributed by atoms with Crippen molar-refractivity contribution in [2.24, 2.45) is 0 Å². The smallest absolute Gasteiger partial charge is 0.161 e. The van der Waals surface area contributed by atoms with Crippen molar-refractivity contribution in [3.8, 4) is 10.6 Å². The van der Waals surface area contributed by atoms with Gasteiger partial charge < -0.3 is 5.32 Å². The summed E-state index contributed by atoms with van der Waals surface area (Å²) < 4.78 is 0. The Labute approximate surface area is 131 Å². The highest BCUT2D eigenvalue weighted by Gasteiger charge is 2.11. The molecule has 0 saturated carbocycles. The number of aromatic nitrogens is 3. The molecule has 0 fully saturated rings. The van der Waals surface area contributed by atoms with E-state index in [9.17, 15) is 0 Å². The fourth-order valence-corrected chi connectivity index (χ4v) is 3.12. The number of hydrogen-bond donors (Lipinski definition) is 1. The van der Waals surface area contributed by atoms with E-state index >= 15 is 0 Å². The lowest BCUT2D eigenvalue weighted by atomic mass is 10.2. The summed E-state index contributed by atoms with van der Waals surface area (Å²) in [4.78, 5) is 14.3. The quantitative estimate of drug-likeness (QED) is 0.605. The molecule has 0 amide bonds. The van der Waals surface area contributed by atoms with E-state index in [0.29, 0.717) is 0 Å². The minimum Gasteiger partial charge on any atom is -0.338 e. The normalized spacial score (nSPS) is 10.7. The predicted molar refractivity (Wildman–Crippen MR) is 90.4 cm³/mol.